The van der Waals surface area contributed by atoms with Crippen molar-refractivity contribution in [3.8, 4) is 0 Å². The van der Waals surface area contributed by atoms with Gasteiger partial charge in [0, 0.05) is 25.6 Å². The molecule has 1 saturated heterocycles. The normalized spacial score (nSPS) is 21.1. The molecule has 2 heterocycles. The lowest BCUT2D eigenvalue weighted by atomic mass is 9.94. The van der Waals surface area contributed by atoms with E-state index in [1.165, 1.54) is 24.3 Å². The topological polar surface area (TPSA) is 105 Å². The molecule has 9 heteroatoms. The average molecular weight is 421 g/mol. The molecular formula is C20H28N4O4S. The molecule has 2 atom stereocenters. The average Bonchev–Trinajstić information content (AvgIpc) is 3.08. The molecule has 2 unspecified atom stereocenters. The summed E-state index contributed by atoms with van der Waals surface area (Å²) in [6.07, 6.45) is 1.03. The Balaban J connectivity index is 1.75. The van der Waals surface area contributed by atoms with E-state index in [1.54, 1.807) is 25.1 Å². The molecule has 0 spiro atoms. The maximum Gasteiger partial charge on any atom is 0.252 e. The number of nitrogens with one attached hydrogen (secondary N) is 1. The first-order chi connectivity index (χ1) is 13.5. The van der Waals surface area contributed by atoms with Gasteiger partial charge in [0.1, 0.15) is 0 Å². The molecule has 158 valence electrons. The standard InChI is InChI=1S/C20H28N4O4S/c1-13-10-14(2)12-24(11-13)29(26,27)17-8-6-16(7-9-17)18(25)22-20(4,5)19-21-15(3)28-23-19/h6-9,13-14H,10-12H2,1-5H3,(H,22,25). The molecule has 0 radical (unpaired) electrons. The summed E-state index contributed by atoms with van der Waals surface area (Å²) in [5.41, 5.74) is -0.475. The van der Waals surface area contributed by atoms with Crippen molar-refractivity contribution in [2.45, 2.75) is 51.5 Å². The smallest absolute Gasteiger partial charge is 0.252 e. The number of rotatable bonds is 5. The molecule has 8 nitrogen and oxygen atoms in total. The van der Waals surface area contributed by atoms with E-state index in [1.807, 2.05) is 0 Å². The summed E-state index contributed by atoms with van der Waals surface area (Å²) >= 11 is 0. The fourth-order valence-electron chi connectivity index (χ4n) is 3.69. The van der Waals surface area contributed by atoms with Gasteiger partial charge in [-0.3, -0.25) is 4.79 Å². The summed E-state index contributed by atoms with van der Waals surface area (Å²) in [6, 6.07) is 6.02. The first-order valence-electron chi connectivity index (χ1n) is 9.72. The van der Waals surface area contributed by atoms with Gasteiger partial charge in [-0.05, 0) is 56.4 Å². The van der Waals surface area contributed by atoms with Crippen LogP contribution < -0.4 is 5.32 Å². The van der Waals surface area contributed by atoms with Crippen LogP contribution in [0, 0.1) is 18.8 Å². The van der Waals surface area contributed by atoms with Crippen molar-refractivity contribution in [3.05, 3.63) is 41.5 Å². The second-order valence-corrected chi connectivity index (χ2v) is 10.4. The highest BCUT2D eigenvalue weighted by Gasteiger charge is 2.32. The molecule has 1 aromatic carbocycles. The number of benzene rings is 1. The Morgan fingerprint density at radius 3 is 2.28 bits per heavy atom. The molecule has 29 heavy (non-hydrogen) atoms. The molecule has 0 aliphatic carbocycles. The molecule has 2 aromatic rings. The van der Waals surface area contributed by atoms with Crippen molar-refractivity contribution < 1.29 is 17.7 Å². The van der Waals surface area contributed by atoms with Gasteiger partial charge in [-0.15, -0.1) is 0 Å². The predicted molar refractivity (Wildman–Crippen MR) is 108 cm³/mol. The molecule has 1 N–H and O–H groups in total. The minimum Gasteiger partial charge on any atom is -0.340 e. The number of amides is 1. The first-order valence-corrected chi connectivity index (χ1v) is 11.2. The van der Waals surface area contributed by atoms with E-state index in [-0.39, 0.29) is 10.8 Å². The lowest BCUT2D eigenvalue weighted by molar-refractivity contribution is 0.0907. The molecule has 1 aliphatic heterocycles. The third-order valence-electron chi connectivity index (χ3n) is 5.10. The van der Waals surface area contributed by atoms with E-state index in [0.717, 1.165) is 6.42 Å². The summed E-state index contributed by atoms with van der Waals surface area (Å²) in [5.74, 6) is 1.10. The number of carbonyl (C=O) groups excluding carboxylic acids is 1. The Morgan fingerprint density at radius 1 is 1.17 bits per heavy atom. The second kappa shape index (κ2) is 7.87. The lowest BCUT2D eigenvalue weighted by Gasteiger charge is -2.34. The van der Waals surface area contributed by atoms with Crippen LogP contribution in [0.2, 0.25) is 0 Å². The van der Waals surface area contributed by atoms with Crippen LogP contribution in [0.4, 0.5) is 0 Å². The lowest BCUT2D eigenvalue weighted by Crippen LogP contribution is -2.42. The SMILES string of the molecule is Cc1nc(C(C)(C)NC(=O)c2ccc(S(=O)(=O)N3CC(C)CC(C)C3)cc2)no1. The van der Waals surface area contributed by atoms with Crippen LogP contribution in [0.25, 0.3) is 0 Å². The Hall–Kier alpha value is -2.26. The van der Waals surface area contributed by atoms with E-state index in [4.69, 9.17) is 4.52 Å². The fraction of sp³-hybridized carbons (Fsp3) is 0.550. The van der Waals surface area contributed by atoms with Crippen LogP contribution in [0.15, 0.2) is 33.7 Å². The zero-order valence-corrected chi connectivity index (χ0v) is 18.3. The van der Waals surface area contributed by atoms with E-state index in [0.29, 0.717) is 42.2 Å². The van der Waals surface area contributed by atoms with Crippen molar-refractivity contribution in [3.63, 3.8) is 0 Å². The third-order valence-corrected chi connectivity index (χ3v) is 6.95. The van der Waals surface area contributed by atoms with Gasteiger partial charge in [-0.2, -0.15) is 9.29 Å². The molecule has 1 aromatic heterocycles. The number of nitrogens with zero attached hydrogens (tertiary/aromatic N) is 3. The second-order valence-electron chi connectivity index (χ2n) is 8.51. The van der Waals surface area contributed by atoms with Crippen LogP contribution in [-0.2, 0) is 15.6 Å². The highest BCUT2D eigenvalue weighted by Crippen LogP contribution is 2.27. The van der Waals surface area contributed by atoms with Gasteiger partial charge in [-0.25, -0.2) is 8.42 Å². The number of piperidine rings is 1. The Morgan fingerprint density at radius 2 is 1.76 bits per heavy atom. The Kier molecular flexibility index (Phi) is 5.82. The van der Waals surface area contributed by atoms with E-state index >= 15 is 0 Å². The van der Waals surface area contributed by atoms with Crippen molar-refractivity contribution in [1.82, 2.24) is 19.8 Å². The number of carbonyl (C=O) groups is 1. The predicted octanol–water partition coefficient (Wildman–Crippen LogP) is 2.71. The fourth-order valence-corrected chi connectivity index (χ4v) is 5.37. The van der Waals surface area contributed by atoms with Crippen molar-refractivity contribution >= 4 is 15.9 Å². The van der Waals surface area contributed by atoms with E-state index in [9.17, 15) is 13.2 Å². The minimum atomic E-state index is -3.58. The van der Waals surface area contributed by atoms with Crippen LogP contribution >= 0.6 is 0 Å². The van der Waals surface area contributed by atoms with Crippen LogP contribution in [-0.4, -0.2) is 41.9 Å². The van der Waals surface area contributed by atoms with Crippen LogP contribution in [0.3, 0.4) is 0 Å². The Bertz CT molecular complexity index is 972. The van der Waals surface area contributed by atoms with Gasteiger partial charge in [-0.1, -0.05) is 19.0 Å². The molecule has 3 rings (SSSR count). The molecule has 1 fully saturated rings. The number of hydrogen-bond donors (Lipinski definition) is 1. The maximum atomic E-state index is 13.0. The highest BCUT2D eigenvalue weighted by molar-refractivity contribution is 7.89. The number of hydrogen-bond acceptors (Lipinski definition) is 6. The third kappa shape index (κ3) is 4.67. The molecule has 1 aliphatic rings. The van der Waals surface area contributed by atoms with E-state index in [2.05, 4.69) is 29.3 Å². The van der Waals surface area contributed by atoms with Gasteiger partial charge in [0.2, 0.25) is 15.9 Å². The zero-order chi connectivity index (χ0) is 21.4. The first kappa shape index (κ1) is 21.4. The summed E-state index contributed by atoms with van der Waals surface area (Å²) in [4.78, 5) is 17.0. The number of aromatic nitrogens is 2. The van der Waals surface area contributed by atoms with Crippen molar-refractivity contribution in [1.29, 1.82) is 0 Å². The monoisotopic (exact) mass is 420 g/mol. The highest BCUT2D eigenvalue weighted by atomic mass is 32.2. The summed E-state index contributed by atoms with van der Waals surface area (Å²) in [6.45, 7) is 10.4. The van der Waals surface area contributed by atoms with Crippen molar-refractivity contribution in [2.24, 2.45) is 11.8 Å². The quantitative estimate of drug-likeness (QED) is 0.797. The number of aryl methyl sites for hydroxylation is 1. The summed E-state index contributed by atoms with van der Waals surface area (Å²) in [5, 5.41) is 6.71. The largest absolute Gasteiger partial charge is 0.340 e. The van der Waals surface area contributed by atoms with Gasteiger partial charge < -0.3 is 9.84 Å². The summed E-state index contributed by atoms with van der Waals surface area (Å²) in [7, 11) is -3.58. The van der Waals surface area contributed by atoms with Crippen LogP contribution in [0.1, 0.15) is 56.2 Å². The molecule has 1 amide bonds. The van der Waals surface area contributed by atoms with Gasteiger partial charge in [0.05, 0.1) is 10.4 Å². The zero-order valence-electron chi connectivity index (χ0n) is 17.5. The van der Waals surface area contributed by atoms with Crippen LogP contribution in [0.5, 0.6) is 0 Å². The summed E-state index contributed by atoms with van der Waals surface area (Å²) < 4.78 is 32.5. The Labute approximate surface area is 171 Å². The van der Waals surface area contributed by atoms with Crippen molar-refractivity contribution in [2.75, 3.05) is 13.1 Å². The van der Waals surface area contributed by atoms with Gasteiger partial charge in [0.15, 0.2) is 5.82 Å². The number of sulfonamides is 1. The minimum absolute atomic E-state index is 0.198. The molecule has 0 bridgehead atoms. The maximum absolute atomic E-state index is 13.0. The van der Waals surface area contributed by atoms with Gasteiger partial charge >= 0.3 is 0 Å². The van der Waals surface area contributed by atoms with Gasteiger partial charge in [0.25, 0.3) is 5.91 Å². The van der Waals surface area contributed by atoms with E-state index < -0.39 is 15.6 Å². The molecule has 0 saturated carbocycles. The molecular weight excluding hydrogens is 392 g/mol.